The summed E-state index contributed by atoms with van der Waals surface area (Å²) in [7, 11) is 0. The number of pyridine rings is 6. The zero-order chi connectivity index (χ0) is 78.9. The van der Waals surface area contributed by atoms with Crippen LogP contribution in [0.3, 0.4) is 0 Å². The minimum atomic E-state index is 0.920. The molecule has 0 aliphatic rings. The summed E-state index contributed by atoms with van der Waals surface area (Å²) in [5.74, 6) is 0. The van der Waals surface area contributed by atoms with Gasteiger partial charge >= 0.3 is 0 Å². The van der Waals surface area contributed by atoms with Crippen LogP contribution in [0.1, 0.15) is 0 Å². The number of nitrogens with zero attached hydrogens (tertiary/aromatic N) is 12. The van der Waals surface area contributed by atoms with Gasteiger partial charge < -0.3 is 13.7 Å². The van der Waals surface area contributed by atoms with Gasteiger partial charge in [0.05, 0.1) is 83.3 Å². The molecule has 14 aromatic carbocycles. The van der Waals surface area contributed by atoms with Crippen molar-refractivity contribution in [3.63, 3.8) is 0 Å². The summed E-state index contributed by atoms with van der Waals surface area (Å²) in [6, 6.07) is 139. The van der Waals surface area contributed by atoms with E-state index in [2.05, 4.69) is 367 Å². The van der Waals surface area contributed by atoms with Crippen molar-refractivity contribution in [3.05, 3.63) is 413 Å². The first kappa shape index (κ1) is 68.0. The second kappa shape index (κ2) is 27.7. The standard InChI is InChI=1S/2C38H24N4.C32H20N4/c1-4-15-32-31(14-1)37-38(41-23-8-7-18-35(41)40-37)36(39-32)27-11-9-10-26(24-27)25-19-21-28(22-20-25)42-33-16-5-2-12-29(33)30-13-3-6-17-34(30)42;1-4-12-32-31(11-1)37-38(41-24-8-7-15-35(41)40-37)36(39-32)27-18-16-25(17-19-27)26-20-22-28(23-21-26)42-33-13-5-2-9-29(33)30-10-3-6-14-34(30)42;1-4-15-26-25(14-1)31-32(35-19-8-7-18-29(35)34-31)30(33-26)21-10-9-11-22(20-21)36-27-16-5-2-12-23(27)24-13-3-6-17-28(24)36/h2*1-24H;1-20H. The molecule has 120 heavy (non-hydrogen) atoms. The van der Waals surface area contributed by atoms with E-state index in [9.17, 15) is 0 Å². The largest absolute Gasteiger partial charge is 0.309 e. The molecule has 12 heterocycles. The number of rotatable bonds is 8. The molecule has 0 fully saturated rings. The maximum Gasteiger partial charge on any atom is 0.137 e. The number of para-hydroxylation sites is 9. The highest BCUT2D eigenvalue weighted by Crippen LogP contribution is 2.42. The topological polar surface area (TPSA) is 105 Å². The summed E-state index contributed by atoms with van der Waals surface area (Å²) in [5, 5.41) is 10.8. The summed E-state index contributed by atoms with van der Waals surface area (Å²) in [6.45, 7) is 0. The minimum absolute atomic E-state index is 0.920. The fourth-order valence-electron chi connectivity index (χ4n) is 18.3. The molecule has 0 atom stereocenters. The lowest BCUT2D eigenvalue weighted by molar-refractivity contribution is 1.18. The molecule has 0 saturated heterocycles. The lowest BCUT2D eigenvalue weighted by Gasteiger charge is -2.11. The van der Waals surface area contributed by atoms with Gasteiger partial charge in [-0.1, -0.05) is 261 Å². The van der Waals surface area contributed by atoms with Crippen LogP contribution in [0.15, 0.2) is 413 Å². The van der Waals surface area contributed by atoms with Gasteiger partial charge in [-0.25, -0.2) is 29.9 Å². The van der Waals surface area contributed by atoms with Gasteiger partial charge in [0, 0.05) is 101 Å². The van der Waals surface area contributed by atoms with Crippen LogP contribution in [0.4, 0.5) is 0 Å². The highest BCUT2D eigenvalue weighted by molar-refractivity contribution is 6.15. The van der Waals surface area contributed by atoms with Crippen molar-refractivity contribution in [2.75, 3.05) is 0 Å². The molecule has 0 spiro atoms. The van der Waals surface area contributed by atoms with Gasteiger partial charge in [-0.05, 0) is 156 Å². The number of aromatic nitrogens is 12. The Labute approximate surface area is 686 Å². The van der Waals surface area contributed by atoms with Gasteiger partial charge in [-0.15, -0.1) is 0 Å². The van der Waals surface area contributed by atoms with Crippen molar-refractivity contribution in [2.45, 2.75) is 0 Å². The van der Waals surface area contributed by atoms with Crippen LogP contribution in [0, 0.1) is 0 Å². The first-order valence-corrected chi connectivity index (χ1v) is 40.5. The molecule has 0 amide bonds. The number of imidazole rings is 3. The van der Waals surface area contributed by atoms with Crippen LogP contribution in [-0.4, -0.2) is 56.8 Å². The van der Waals surface area contributed by atoms with Gasteiger partial charge in [0.1, 0.15) is 33.5 Å². The van der Waals surface area contributed by atoms with Crippen molar-refractivity contribution in [2.24, 2.45) is 0 Å². The Morgan fingerprint density at radius 3 is 0.800 bits per heavy atom. The second-order valence-electron chi connectivity index (χ2n) is 30.6. The van der Waals surface area contributed by atoms with Crippen molar-refractivity contribution < 1.29 is 0 Å². The molecule has 12 nitrogen and oxygen atoms in total. The Kier molecular flexibility index (Phi) is 15.7. The average molecular weight is 1530 g/mol. The zero-order valence-electron chi connectivity index (χ0n) is 64.6. The van der Waals surface area contributed by atoms with E-state index >= 15 is 0 Å². The molecule has 26 rings (SSSR count). The zero-order valence-corrected chi connectivity index (χ0v) is 64.6. The molecular weight excluding hydrogens is 1470 g/mol. The third kappa shape index (κ3) is 11.0. The van der Waals surface area contributed by atoms with Gasteiger partial charge in [0.25, 0.3) is 0 Å². The van der Waals surface area contributed by atoms with Crippen molar-refractivity contribution >= 4 is 148 Å². The van der Waals surface area contributed by atoms with Crippen LogP contribution in [-0.2, 0) is 0 Å². The van der Waals surface area contributed by atoms with E-state index in [0.29, 0.717) is 0 Å². The Morgan fingerprint density at radius 1 is 0.167 bits per heavy atom. The van der Waals surface area contributed by atoms with Gasteiger partial charge in [0.2, 0.25) is 0 Å². The lowest BCUT2D eigenvalue weighted by Crippen LogP contribution is -1.96. The predicted molar refractivity (Wildman–Crippen MR) is 494 cm³/mol. The molecule has 0 saturated carbocycles. The second-order valence-corrected chi connectivity index (χ2v) is 30.6. The maximum atomic E-state index is 5.17. The Bertz CT molecular complexity index is 8460. The van der Waals surface area contributed by atoms with Crippen LogP contribution in [0.2, 0.25) is 0 Å². The molecule has 560 valence electrons. The fraction of sp³-hybridized carbons (Fsp3) is 0. The van der Waals surface area contributed by atoms with Gasteiger partial charge in [-0.3, -0.25) is 13.2 Å². The summed E-state index contributed by atoms with van der Waals surface area (Å²) >= 11 is 0. The summed E-state index contributed by atoms with van der Waals surface area (Å²) in [4.78, 5) is 30.5. The average Bonchev–Trinajstić information content (AvgIpc) is 1.56. The quantitative estimate of drug-likeness (QED) is 0.150. The smallest absolute Gasteiger partial charge is 0.137 e. The number of benzene rings is 14. The lowest BCUT2D eigenvalue weighted by atomic mass is 10.00. The van der Waals surface area contributed by atoms with Crippen molar-refractivity contribution in [3.8, 4) is 73.1 Å². The van der Waals surface area contributed by atoms with Crippen molar-refractivity contribution in [1.29, 1.82) is 0 Å². The minimum Gasteiger partial charge on any atom is -0.309 e. The van der Waals surface area contributed by atoms with E-state index in [1.54, 1.807) is 0 Å². The van der Waals surface area contributed by atoms with E-state index in [0.717, 1.165) is 145 Å². The molecule has 0 aliphatic heterocycles. The highest BCUT2D eigenvalue weighted by Gasteiger charge is 2.23. The summed E-state index contributed by atoms with van der Waals surface area (Å²) < 4.78 is 13.5. The molecule has 0 unspecified atom stereocenters. The van der Waals surface area contributed by atoms with Crippen LogP contribution in [0.5, 0.6) is 0 Å². The third-order valence-electron chi connectivity index (χ3n) is 23.8. The Morgan fingerprint density at radius 2 is 0.433 bits per heavy atom. The van der Waals surface area contributed by atoms with Gasteiger partial charge in [-0.2, -0.15) is 0 Å². The number of hydrogen-bond acceptors (Lipinski definition) is 6. The Hall–Kier alpha value is -16.4. The van der Waals surface area contributed by atoms with Crippen LogP contribution < -0.4 is 0 Å². The van der Waals surface area contributed by atoms with Crippen molar-refractivity contribution in [1.82, 2.24) is 56.8 Å². The fourth-order valence-corrected chi connectivity index (χ4v) is 18.3. The maximum absolute atomic E-state index is 5.17. The third-order valence-corrected chi connectivity index (χ3v) is 23.8. The monoisotopic (exact) mass is 1530 g/mol. The molecule has 26 aromatic rings. The first-order chi connectivity index (χ1) is 59.5. The van der Waals surface area contributed by atoms with Crippen LogP contribution >= 0.6 is 0 Å². The first-order valence-electron chi connectivity index (χ1n) is 40.5. The summed E-state index contributed by atoms with van der Waals surface area (Å²) in [6.07, 6.45) is 6.21. The molecule has 0 N–H and O–H groups in total. The van der Waals surface area contributed by atoms with E-state index in [1.807, 2.05) is 72.8 Å². The molecule has 0 bridgehead atoms. The number of hydrogen-bond donors (Lipinski definition) is 0. The highest BCUT2D eigenvalue weighted by atomic mass is 15.0. The molecule has 0 radical (unpaired) electrons. The van der Waals surface area contributed by atoms with E-state index < -0.39 is 0 Å². The Balaban J connectivity index is 0.000000103. The molecule has 12 heteroatoms. The van der Waals surface area contributed by atoms with Gasteiger partial charge in [0.15, 0.2) is 0 Å². The summed E-state index contributed by atoms with van der Waals surface area (Å²) in [5.41, 5.74) is 33.0. The van der Waals surface area contributed by atoms with E-state index in [1.165, 1.54) is 76.5 Å². The van der Waals surface area contributed by atoms with Crippen LogP contribution in [0.25, 0.3) is 221 Å². The van der Waals surface area contributed by atoms with E-state index in [4.69, 9.17) is 29.9 Å². The van der Waals surface area contributed by atoms with E-state index in [-0.39, 0.29) is 0 Å². The molecule has 0 aliphatic carbocycles. The molecular formula is C108H68N12. The predicted octanol–water partition coefficient (Wildman–Crippen LogP) is 26.7. The molecule has 12 aromatic heterocycles. The SMILES string of the molecule is c1cc(-c2ccc(-n3c4ccccc4c4ccccc43)cc2)cc(-c2nc3ccccc3c3nc4ccccn4c23)c1.c1cc(-c2nc3ccccc3c3nc4ccccn4c23)cc(-n2c3ccccc3c3ccccc32)c1.c1ccc2c(c1)nc(-c1ccc(-c3ccc(-n4c5ccccc5c5ccccc54)cc3)cc1)c1c2nc2ccccn21. The number of fused-ring (bicyclic) bond motifs is 24. The normalized spacial score (nSPS) is 11.8.